The fraction of sp³-hybridized carbons (Fsp3) is 0.400. The molecule has 1 atom stereocenters. The summed E-state index contributed by atoms with van der Waals surface area (Å²) in [6.45, 7) is 3.41. The standard InChI is InChI=1S/C10H14O4/c1-2-8(10(13)14)6-4-3-5-7-9(11)12/h2-3,5,8H,1,4,6-7H2,(H,11,12)(H,13,14). The van der Waals surface area contributed by atoms with Gasteiger partial charge in [0.15, 0.2) is 0 Å². The summed E-state index contributed by atoms with van der Waals surface area (Å²) in [7, 11) is 0. The van der Waals surface area contributed by atoms with Crippen molar-refractivity contribution in [3.63, 3.8) is 0 Å². The Morgan fingerprint density at radius 3 is 2.36 bits per heavy atom. The van der Waals surface area contributed by atoms with Gasteiger partial charge in [-0.25, -0.2) is 0 Å². The van der Waals surface area contributed by atoms with Crippen LogP contribution < -0.4 is 0 Å². The van der Waals surface area contributed by atoms with E-state index in [9.17, 15) is 9.59 Å². The maximum absolute atomic E-state index is 10.5. The van der Waals surface area contributed by atoms with Crippen molar-refractivity contribution in [2.45, 2.75) is 19.3 Å². The number of hydrogen-bond donors (Lipinski definition) is 2. The number of carboxylic acid groups (broad SMARTS) is 2. The molecule has 0 aromatic carbocycles. The van der Waals surface area contributed by atoms with Crippen molar-refractivity contribution in [2.75, 3.05) is 0 Å². The molecule has 0 spiro atoms. The summed E-state index contributed by atoms with van der Waals surface area (Å²) in [6, 6.07) is 0. The summed E-state index contributed by atoms with van der Waals surface area (Å²) in [5.41, 5.74) is 0. The Bertz CT molecular complexity index is 243. The monoisotopic (exact) mass is 198 g/mol. The van der Waals surface area contributed by atoms with Gasteiger partial charge in [-0.2, -0.15) is 0 Å². The van der Waals surface area contributed by atoms with Gasteiger partial charge in [-0.15, -0.1) is 6.58 Å². The topological polar surface area (TPSA) is 74.6 Å². The van der Waals surface area contributed by atoms with Crippen molar-refractivity contribution in [2.24, 2.45) is 5.92 Å². The quantitative estimate of drug-likeness (QED) is 0.610. The first-order chi connectivity index (χ1) is 6.57. The van der Waals surface area contributed by atoms with Crippen LogP contribution in [0.25, 0.3) is 0 Å². The number of rotatable bonds is 7. The lowest BCUT2D eigenvalue weighted by atomic mass is 10.0. The van der Waals surface area contributed by atoms with E-state index in [1.165, 1.54) is 12.2 Å². The van der Waals surface area contributed by atoms with Gasteiger partial charge in [-0.3, -0.25) is 9.59 Å². The maximum Gasteiger partial charge on any atom is 0.310 e. The van der Waals surface area contributed by atoms with Crippen LogP contribution in [-0.2, 0) is 9.59 Å². The molecule has 78 valence electrons. The van der Waals surface area contributed by atoms with Crippen LogP contribution in [-0.4, -0.2) is 22.2 Å². The summed E-state index contributed by atoms with van der Waals surface area (Å²) < 4.78 is 0. The van der Waals surface area contributed by atoms with E-state index < -0.39 is 17.9 Å². The van der Waals surface area contributed by atoms with Crippen LogP contribution in [0, 0.1) is 5.92 Å². The molecule has 0 aliphatic rings. The van der Waals surface area contributed by atoms with Gasteiger partial charge in [0.25, 0.3) is 0 Å². The second-order valence-electron chi connectivity index (χ2n) is 2.83. The van der Waals surface area contributed by atoms with E-state index in [-0.39, 0.29) is 6.42 Å². The van der Waals surface area contributed by atoms with Gasteiger partial charge in [-0.1, -0.05) is 18.2 Å². The summed E-state index contributed by atoms with van der Waals surface area (Å²) in [6.07, 6.45) is 5.56. The van der Waals surface area contributed by atoms with Crippen molar-refractivity contribution in [3.8, 4) is 0 Å². The van der Waals surface area contributed by atoms with Crippen molar-refractivity contribution >= 4 is 11.9 Å². The van der Waals surface area contributed by atoms with Gasteiger partial charge >= 0.3 is 11.9 Å². The third-order valence-corrected chi connectivity index (χ3v) is 1.71. The predicted octanol–water partition coefficient (Wildman–Crippen LogP) is 1.68. The molecule has 0 bridgehead atoms. The first kappa shape index (κ1) is 12.4. The van der Waals surface area contributed by atoms with Crippen molar-refractivity contribution in [3.05, 3.63) is 24.8 Å². The molecule has 14 heavy (non-hydrogen) atoms. The fourth-order valence-electron chi connectivity index (χ4n) is 0.920. The Morgan fingerprint density at radius 1 is 1.29 bits per heavy atom. The van der Waals surface area contributed by atoms with Crippen molar-refractivity contribution < 1.29 is 19.8 Å². The summed E-state index contributed by atoms with van der Waals surface area (Å²) in [4.78, 5) is 20.6. The molecule has 0 aliphatic heterocycles. The van der Waals surface area contributed by atoms with Crippen LogP contribution in [0.5, 0.6) is 0 Å². The minimum Gasteiger partial charge on any atom is -0.481 e. The molecule has 0 fully saturated rings. The second-order valence-corrected chi connectivity index (χ2v) is 2.83. The molecular formula is C10H14O4. The minimum absolute atomic E-state index is 0.0220. The van der Waals surface area contributed by atoms with Gasteiger partial charge < -0.3 is 10.2 Å². The van der Waals surface area contributed by atoms with Crippen molar-refractivity contribution in [1.29, 1.82) is 0 Å². The van der Waals surface area contributed by atoms with Crippen LogP contribution in [0.15, 0.2) is 24.8 Å². The normalized spacial score (nSPS) is 12.6. The molecule has 0 heterocycles. The zero-order valence-electron chi connectivity index (χ0n) is 7.85. The molecular weight excluding hydrogens is 184 g/mol. The Labute approximate surface area is 82.6 Å². The van der Waals surface area contributed by atoms with Gasteiger partial charge in [0, 0.05) is 0 Å². The summed E-state index contributed by atoms with van der Waals surface area (Å²) in [5.74, 6) is -2.34. The highest BCUT2D eigenvalue weighted by atomic mass is 16.4. The lowest BCUT2D eigenvalue weighted by Gasteiger charge is -2.03. The number of aliphatic carboxylic acids is 2. The minimum atomic E-state index is -0.897. The molecule has 0 rings (SSSR count). The SMILES string of the molecule is C=CC(CCC=CCC(=O)O)C(=O)O. The maximum atomic E-state index is 10.5. The van der Waals surface area contributed by atoms with Crippen LogP contribution in [0.2, 0.25) is 0 Å². The van der Waals surface area contributed by atoms with E-state index >= 15 is 0 Å². The first-order valence-corrected chi connectivity index (χ1v) is 4.30. The molecule has 0 aromatic heterocycles. The Morgan fingerprint density at radius 2 is 1.93 bits per heavy atom. The zero-order valence-corrected chi connectivity index (χ0v) is 7.85. The smallest absolute Gasteiger partial charge is 0.310 e. The summed E-state index contributed by atoms with van der Waals surface area (Å²) in [5, 5.41) is 16.9. The van der Waals surface area contributed by atoms with E-state index in [2.05, 4.69) is 6.58 Å². The van der Waals surface area contributed by atoms with Crippen LogP contribution in [0.1, 0.15) is 19.3 Å². The molecule has 0 amide bonds. The molecule has 4 nitrogen and oxygen atoms in total. The first-order valence-electron chi connectivity index (χ1n) is 4.30. The third kappa shape index (κ3) is 5.99. The molecule has 0 radical (unpaired) electrons. The van der Waals surface area contributed by atoms with E-state index in [1.807, 2.05) is 0 Å². The van der Waals surface area contributed by atoms with Crippen LogP contribution >= 0.6 is 0 Å². The van der Waals surface area contributed by atoms with E-state index in [4.69, 9.17) is 10.2 Å². The van der Waals surface area contributed by atoms with E-state index in [0.717, 1.165) is 0 Å². The molecule has 2 N–H and O–H groups in total. The van der Waals surface area contributed by atoms with Gasteiger partial charge in [-0.05, 0) is 12.8 Å². The van der Waals surface area contributed by atoms with Crippen LogP contribution in [0.3, 0.4) is 0 Å². The molecule has 0 saturated heterocycles. The molecule has 4 heteroatoms. The van der Waals surface area contributed by atoms with Crippen LogP contribution in [0.4, 0.5) is 0 Å². The predicted molar refractivity (Wildman–Crippen MR) is 51.9 cm³/mol. The Balaban J connectivity index is 3.71. The molecule has 1 unspecified atom stereocenters. The summed E-state index contributed by atoms with van der Waals surface area (Å²) >= 11 is 0. The fourth-order valence-corrected chi connectivity index (χ4v) is 0.920. The lowest BCUT2D eigenvalue weighted by Crippen LogP contribution is -2.09. The number of carboxylic acids is 2. The Kier molecular flexibility index (Phi) is 6.11. The van der Waals surface area contributed by atoms with Gasteiger partial charge in [0.2, 0.25) is 0 Å². The Hall–Kier alpha value is -1.58. The number of allylic oxidation sites excluding steroid dienone is 1. The average molecular weight is 198 g/mol. The highest BCUT2D eigenvalue weighted by Gasteiger charge is 2.10. The number of hydrogen-bond acceptors (Lipinski definition) is 2. The lowest BCUT2D eigenvalue weighted by molar-refractivity contribution is -0.140. The van der Waals surface area contributed by atoms with E-state index in [0.29, 0.717) is 12.8 Å². The van der Waals surface area contributed by atoms with Gasteiger partial charge in [0.1, 0.15) is 0 Å². The zero-order chi connectivity index (χ0) is 11.0. The van der Waals surface area contributed by atoms with Crippen molar-refractivity contribution in [1.82, 2.24) is 0 Å². The molecule has 0 aromatic rings. The van der Waals surface area contributed by atoms with E-state index in [1.54, 1.807) is 6.08 Å². The number of carbonyl (C=O) groups is 2. The van der Waals surface area contributed by atoms with Gasteiger partial charge in [0.05, 0.1) is 12.3 Å². The third-order valence-electron chi connectivity index (χ3n) is 1.71. The second kappa shape index (κ2) is 6.88. The highest BCUT2D eigenvalue weighted by molar-refractivity contribution is 5.71. The molecule has 0 saturated carbocycles. The largest absolute Gasteiger partial charge is 0.481 e. The highest BCUT2D eigenvalue weighted by Crippen LogP contribution is 2.08. The average Bonchev–Trinajstić information content (AvgIpc) is 2.10. The molecule has 0 aliphatic carbocycles.